The molecular weight excluding hydrogens is 390 g/mol. The summed E-state index contributed by atoms with van der Waals surface area (Å²) in [5, 5.41) is 5.86. The Kier molecular flexibility index (Phi) is 7.10. The van der Waals surface area contributed by atoms with Crippen molar-refractivity contribution in [3.8, 4) is 0 Å². The second-order valence-electron chi connectivity index (χ2n) is 7.50. The number of hydrogen-bond donors (Lipinski definition) is 2. The van der Waals surface area contributed by atoms with E-state index in [4.69, 9.17) is 4.42 Å². The minimum atomic E-state index is -3.53. The van der Waals surface area contributed by atoms with Crippen molar-refractivity contribution in [2.45, 2.75) is 56.0 Å². The molecule has 3 rings (SSSR count). The van der Waals surface area contributed by atoms with E-state index in [1.54, 1.807) is 43.6 Å². The number of amides is 1. The first-order valence-electron chi connectivity index (χ1n) is 10.0. The van der Waals surface area contributed by atoms with Gasteiger partial charge in [-0.2, -0.15) is 4.31 Å². The molecule has 1 amide bonds. The predicted molar refractivity (Wildman–Crippen MR) is 112 cm³/mol. The van der Waals surface area contributed by atoms with Crippen LogP contribution in [0.15, 0.2) is 52.0 Å². The van der Waals surface area contributed by atoms with E-state index in [2.05, 4.69) is 10.6 Å². The molecule has 1 heterocycles. The van der Waals surface area contributed by atoms with Crippen LogP contribution in [-0.4, -0.2) is 38.3 Å². The molecule has 1 saturated carbocycles. The lowest BCUT2D eigenvalue weighted by Gasteiger charge is -2.30. The number of anilines is 1. The molecule has 1 aromatic carbocycles. The van der Waals surface area contributed by atoms with E-state index in [0.717, 1.165) is 31.4 Å². The van der Waals surface area contributed by atoms with Gasteiger partial charge in [0.25, 0.3) is 0 Å². The van der Waals surface area contributed by atoms with Crippen molar-refractivity contribution in [2.75, 3.05) is 18.9 Å². The third-order valence-corrected chi connectivity index (χ3v) is 7.37. The zero-order valence-corrected chi connectivity index (χ0v) is 17.7. The van der Waals surface area contributed by atoms with Gasteiger partial charge in [0.05, 0.1) is 23.7 Å². The number of nitrogens with one attached hydrogen (secondary N) is 2. The third-order valence-electron chi connectivity index (χ3n) is 5.44. The Morgan fingerprint density at radius 2 is 1.86 bits per heavy atom. The quantitative estimate of drug-likeness (QED) is 0.683. The SMILES string of the molecule is C[C@H](NCC(=O)Nc1ccc(S(=O)(=O)N(C)C2CCCCC2)cc1)c1ccco1. The first-order valence-corrected chi connectivity index (χ1v) is 11.5. The van der Waals surface area contributed by atoms with Gasteiger partial charge in [0.1, 0.15) is 5.76 Å². The second kappa shape index (κ2) is 9.56. The predicted octanol–water partition coefficient (Wildman–Crippen LogP) is 3.52. The van der Waals surface area contributed by atoms with Gasteiger partial charge in [0.15, 0.2) is 0 Å². The van der Waals surface area contributed by atoms with Crippen LogP contribution in [0.3, 0.4) is 0 Å². The fourth-order valence-electron chi connectivity index (χ4n) is 3.61. The summed E-state index contributed by atoms with van der Waals surface area (Å²) in [7, 11) is -1.87. The Bertz CT molecular complexity index is 889. The molecule has 0 aliphatic heterocycles. The maximum atomic E-state index is 12.9. The lowest BCUT2D eigenvalue weighted by atomic mass is 9.96. The summed E-state index contributed by atoms with van der Waals surface area (Å²) in [6.45, 7) is 2.03. The van der Waals surface area contributed by atoms with Crippen LogP contribution in [0.5, 0.6) is 0 Å². The van der Waals surface area contributed by atoms with Crippen LogP contribution in [-0.2, 0) is 14.8 Å². The first-order chi connectivity index (χ1) is 13.9. The molecule has 0 saturated heterocycles. The lowest BCUT2D eigenvalue weighted by molar-refractivity contribution is -0.115. The zero-order chi connectivity index (χ0) is 20.9. The fraction of sp³-hybridized carbons (Fsp3) is 0.476. The summed E-state index contributed by atoms with van der Waals surface area (Å²) in [5.74, 6) is 0.549. The van der Waals surface area contributed by atoms with Crippen molar-refractivity contribution in [3.05, 3.63) is 48.4 Å². The molecule has 2 N–H and O–H groups in total. The molecule has 1 aliphatic carbocycles. The number of rotatable bonds is 8. The van der Waals surface area contributed by atoms with Crippen LogP contribution in [0.1, 0.15) is 50.8 Å². The molecule has 0 radical (unpaired) electrons. The number of nitrogens with zero attached hydrogens (tertiary/aromatic N) is 1. The lowest BCUT2D eigenvalue weighted by Crippen LogP contribution is -2.38. The molecule has 1 atom stereocenters. The highest BCUT2D eigenvalue weighted by atomic mass is 32.2. The van der Waals surface area contributed by atoms with E-state index >= 15 is 0 Å². The molecular formula is C21H29N3O4S. The number of benzene rings is 1. The summed E-state index contributed by atoms with van der Waals surface area (Å²) < 4.78 is 32.5. The van der Waals surface area contributed by atoms with E-state index < -0.39 is 10.0 Å². The van der Waals surface area contributed by atoms with E-state index in [-0.39, 0.29) is 29.4 Å². The monoisotopic (exact) mass is 419 g/mol. The van der Waals surface area contributed by atoms with Crippen LogP contribution in [0.2, 0.25) is 0 Å². The maximum absolute atomic E-state index is 12.9. The van der Waals surface area contributed by atoms with Crippen molar-refractivity contribution in [1.29, 1.82) is 0 Å². The molecule has 2 aromatic rings. The minimum absolute atomic E-state index is 0.0651. The van der Waals surface area contributed by atoms with Gasteiger partial charge >= 0.3 is 0 Å². The van der Waals surface area contributed by atoms with E-state index in [0.29, 0.717) is 5.69 Å². The summed E-state index contributed by atoms with van der Waals surface area (Å²) >= 11 is 0. The summed E-state index contributed by atoms with van der Waals surface area (Å²) in [5.41, 5.74) is 0.557. The van der Waals surface area contributed by atoms with Crippen LogP contribution in [0, 0.1) is 0 Å². The van der Waals surface area contributed by atoms with Crippen molar-refractivity contribution in [3.63, 3.8) is 0 Å². The molecule has 7 nitrogen and oxygen atoms in total. The Labute approximate surface area is 172 Å². The summed E-state index contributed by atoms with van der Waals surface area (Å²) in [4.78, 5) is 12.4. The Morgan fingerprint density at radius 3 is 2.48 bits per heavy atom. The van der Waals surface area contributed by atoms with Gasteiger partial charge in [-0.15, -0.1) is 0 Å². The topological polar surface area (TPSA) is 91.7 Å². The first kappa shape index (κ1) is 21.5. The molecule has 0 spiro atoms. The van der Waals surface area contributed by atoms with Gasteiger partial charge in [0, 0.05) is 18.8 Å². The number of sulfonamides is 1. The van der Waals surface area contributed by atoms with Crippen molar-refractivity contribution in [1.82, 2.24) is 9.62 Å². The fourth-order valence-corrected chi connectivity index (χ4v) is 5.02. The third kappa shape index (κ3) is 5.46. The number of furan rings is 1. The minimum Gasteiger partial charge on any atom is -0.468 e. The van der Waals surface area contributed by atoms with E-state index in [1.165, 1.54) is 10.7 Å². The van der Waals surface area contributed by atoms with Crippen molar-refractivity contribution in [2.24, 2.45) is 0 Å². The zero-order valence-electron chi connectivity index (χ0n) is 16.9. The second-order valence-corrected chi connectivity index (χ2v) is 9.50. The van der Waals surface area contributed by atoms with Crippen molar-refractivity contribution >= 4 is 21.6 Å². The molecule has 1 aromatic heterocycles. The van der Waals surface area contributed by atoms with Crippen LogP contribution < -0.4 is 10.6 Å². The van der Waals surface area contributed by atoms with Crippen LogP contribution >= 0.6 is 0 Å². The summed E-state index contributed by atoms with van der Waals surface area (Å²) in [6.07, 6.45) is 6.73. The Balaban J connectivity index is 1.55. The van der Waals surface area contributed by atoms with Gasteiger partial charge in [-0.25, -0.2) is 8.42 Å². The molecule has 158 valence electrons. The molecule has 8 heteroatoms. The van der Waals surface area contributed by atoms with E-state index in [1.807, 2.05) is 13.0 Å². The highest BCUT2D eigenvalue weighted by Gasteiger charge is 2.28. The van der Waals surface area contributed by atoms with Crippen molar-refractivity contribution < 1.29 is 17.6 Å². The van der Waals surface area contributed by atoms with Gasteiger partial charge in [-0.1, -0.05) is 19.3 Å². The smallest absolute Gasteiger partial charge is 0.243 e. The average Bonchev–Trinajstić information content (AvgIpc) is 3.27. The highest BCUT2D eigenvalue weighted by molar-refractivity contribution is 7.89. The summed E-state index contributed by atoms with van der Waals surface area (Å²) in [6, 6.07) is 9.96. The van der Waals surface area contributed by atoms with Crippen LogP contribution in [0.4, 0.5) is 5.69 Å². The Hall–Kier alpha value is -2.16. The standard InChI is InChI=1S/C21H29N3O4S/c1-16(20-9-6-14-28-20)22-15-21(25)23-17-10-12-19(13-11-17)29(26,27)24(2)18-7-4-3-5-8-18/h6,9-14,16,18,22H,3-5,7-8,15H2,1-2H3,(H,23,25)/t16-/m0/s1. The van der Waals surface area contributed by atoms with Gasteiger partial charge in [0.2, 0.25) is 15.9 Å². The van der Waals surface area contributed by atoms with Gasteiger partial charge < -0.3 is 9.73 Å². The van der Waals surface area contributed by atoms with Gasteiger partial charge in [-0.3, -0.25) is 10.1 Å². The largest absolute Gasteiger partial charge is 0.468 e. The van der Waals surface area contributed by atoms with Crippen LogP contribution in [0.25, 0.3) is 0 Å². The van der Waals surface area contributed by atoms with E-state index in [9.17, 15) is 13.2 Å². The number of carbonyl (C=O) groups excluding carboxylic acids is 1. The molecule has 0 unspecified atom stereocenters. The normalized spacial score (nSPS) is 16.7. The van der Waals surface area contributed by atoms with Gasteiger partial charge in [-0.05, 0) is 56.2 Å². The average molecular weight is 420 g/mol. The molecule has 29 heavy (non-hydrogen) atoms. The maximum Gasteiger partial charge on any atom is 0.243 e. The molecule has 1 fully saturated rings. The number of carbonyl (C=O) groups is 1. The highest BCUT2D eigenvalue weighted by Crippen LogP contribution is 2.27. The molecule has 1 aliphatic rings. The Morgan fingerprint density at radius 1 is 1.17 bits per heavy atom. The molecule has 0 bridgehead atoms. The number of hydrogen-bond acceptors (Lipinski definition) is 5.